The van der Waals surface area contributed by atoms with Crippen LogP contribution in [0.2, 0.25) is 5.02 Å². The summed E-state index contributed by atoms with van der Waals surface area (Å²) in [5.41, 5.74) is 0.443. The average Bonchev–Trinajstić information content (AvgIpc) is 2.39. The number of halogens is 1. The van der Waals surface area contributed by atoms with E-state index >= 15 is 0 Å². The molecule has 1 aliphatic heterocycles. The van der Waals surface area contributed by atoms with Gasteiger partial charge in [-0.3, -0.25) is 4.79 Å². The molecule has 104 valence electrons. The van der Waals surface area contributed by atoms with Gasteiger partial charge in [0.25, 0.3) is 5.91 Å². The average molecular weight is 296 g/mol. The molecule has 7 nitrogen and oxygen atoms in total. The largest absolute Gasteiger partial charge is 0.477 e. The van der Waals surface area contributed by atoms with Crippen molar-refractivity contribution in [3.05, 3.63) is 23.2 Å². The maximum absolute atomic E-state index is 11.8. The first-order valence-electron chi connectivity index (χ1n) is 5.66. The fourth-order valence-electron chi connectivity index (χ4n) is 1.80. The zero-order chi connectivity index (χ0) is 14.7. The van der Waals surface area contributed by atoms with Crippen LogP contribution in [0.3, 0.4) is 0 Å². The summed E-state index contributed by atoms with van der Waals surface area (Å²) < 4.78 is 5.46. The minimum atomic E-state index is -1.34. The Bertz CT molecular complexity index is 599. The molecule has 1 heterocycles. The minimum Gasteiger partial charge on any atom is -0.477 e. The third-order valence-corrected chi connectivity index (χ3v) is 2.98. The second-order valence-electron chi connectivity index (χ2n) is 4.08. The zero-order valence-electron chi connectivity index (χ0n) is 10.1. The number of ether oxygens (including phenoxy) is 1. The van der Waals surface area contributed by atoms with Gasteiger partial charge in [-0.1, -0.05) is 17.7 Å². The van der Waals surface area contributed by atoms with Crippen LogP contribution in [0.4, 0.5) is 10.5 Å². The van der Waals surface area contributed by atoms with E-state index in [0.29, 0.717) is 16.5 Å². The number of rotatable bonds is 3. The molecular weight excluding hydrogens is 286 g/mol. The van der Waals surface area contributed by atoms with Gasteiger partial charge in [0.15, 0.2) is 11.9 Å². The van der Waals surface area contributed by atoms with Gasteiger partial charge in [0.1, 0.15) is 6.04 Å². The van der Waals surface area contributed by atoms with Crippen LogP contribution in [0, 0.1) is 11.3 Å². The number of nitrogens with one attached hydrogen (secondary N) is 2. The number of amides is 2. The minimum absolute atomic E-state index is 0.112. The Balaban J connectivity index is 2.15. The quantitative estimate of drug-likeness (QED) is 0.784. The fraction of sp³-hybridized carbons (Fsp3) is 0.250. The van der Waals surface area contributed by atoms with Crippen molar-refractivity contribution >= 4 is 29.3 Å². The van der Waals surface area contributed by atoms with Crippen LogP contribution in [0.15, 0.2) is 18.2 Å². The number of nitriles is 1. The highest BCUT2D eigenvalue weighted by Gasteiger charge is 2.31. The number of para-hydroxylation sites is 1. The predicted octanol–water partition coefficient (Wildman–Crippen LogP) is 1.59. The molecule has 0 fully saturated rings. The Kier molecular flexibility index (Phi) is 3.96. The van der Waals surface area contributed by atoms with Gasteiger partial charge < -0.3 is 20.5 Å². The van der Waals surface area contributed by atoms with Crippen LogP contribution in [0.1, 0.15) is 6.42 Å². The summed E-state index contributed by atoms with van der Waals surface area (Å²) in [5, 5.41) is 22.4. The van der Waals surface area contributed by atoms with Crippen LogP contribution in [0.5, 0.6) is 5.75 Å². The molecular formula is C12H10ClN3O4. The SMILES string of the molecule is N#CC(C[C@@H]1Oc2c(Cl)cccc2NC1=O)NC(=O)O. The lowest BCUT2D eigenvalue weighted by molar-refractivity contribution is -0.123. The summed E-state index contributed by atoms with van der Waals surface area (Å²) in [7, 11) is 0. The molecule has 3 N–H and O–H groups in total. The maximum Gasteiger partial charge on any atom is 0.405 e. The van der Waals surface area contributed by atoms with E-state index in [2.05, 4.69) is 5.32 Å². The van der Waals surface area contributed by atoms with Crippen LogP contribution in [0.25, 0.3) is 0 Å². The molecule has 1 aliphatic rings. The van der Waals surface area contributed by atoms with Crippen LogP contribution in [-0.4, -0.2) is 29.3 Å². The Morgan fingerprint density at radius 2 is 2.40 bits per heavy atom. The summed E-state index contributed by atoms with van der Waals surface area (Å²) in [6.07, 6.45) is -2.44. The number of fused-ring (bicyclic) bond motifs is 1. The number of carbonyl (C=O) groups is 2. The Labute approximate surface area is 119 Å². The molecule has 1 aromatic rings. The van der Waals surface area contributed by atoms with Crippen molar-refractivity contribution in [1.29, 1.82) is 5.26 Å². The van der Waals surface area contributed by atoms with E-state index in [1.165, 1.54) is 0 Å². The highest BCUT2D eigenvalue weighted by Crippen LogP contribution is 2.36. The predicted molar refractivity (Wildman–Crippen MR) is 69.7 cm³/mol. The van der Waals surface area contributed by atoms with Crippen molar-refractivity contribution in [2.24, 2.45) is 0 Å². The third kappa shape index (κ3) is 2.92. The lowest BCUT2D eigenvalue weighted by Gasteiger charge is -2.27. The van der Waals surface area contributed by atoms with Crippen LogP contribution < -0.4 is 15.4 Å². The van der Waals surface area contributed by atoms with E-state index in [-0.39, 0.29) is 6.42 Å². The van der Waals surface area contributed by atoms with Crippen molar-refractivity contribution in [3.8, 4) is 11.8 Å². The standard InChI is InChI=1S/C12H10ClN3O4/c13-7-2-1-3-8-10(7)20-9(11(17)16-8)4-6(5-14)15-12(18)19/h1-3,6,9,15H,4H2,(H,16,17)(H,18,19)/t6?,9-/m0/s1. The van der Waals surface area contributed by atoms with Crippen LogP contribution >= 0.6 is 11.6 Å². The number of anilines is 1. The van der Waals surface area contributed by atoms with Gasteiger partial charge in [-0.2, -0.15) is 5.26 Å². The molecule has 0 saturated carbocycles. The smallest absolute Gasteiger partial charge is 0.405 e. The maximum atomic E-state index is 11.8. The molecule has 2 rings (SSSR count). The van der Waals surface area contributed by atoms with E-state index in [9.17, 15) is 9.59 Å². The number of carboxylic acid groups (broad SMARTS) is 1. The van der Waals surface area contributed by atoms with E-state index < -0.39 is 24.1 Å². The first kappa shape index (κ1) is 14.0. The molecule has 0 aliphatic carbocycles. The Hall–Kier alpha value is -2.46. The van der Waals surface area contributed by atoms with Crippen molar-refractivity contribution in [3.63, 3.8) is 0 Å². The van der Waals surface area contributed by atoms with Gasteiger partial charge in [-0.05, 0) is 12.1 Å². The molecule has 0 aromatic heterocycles. The lowest BCUT2D eigenvalue weighted by Crippen LogP contribution is -2.43. The Morgan fingerprint density at radius 3 is 3.05 bits per heavy atom. The van der Waals surface area contributed by atoms with Crippen LogP contribution in [-0.2, 0) is 4.79 Å². The van der Waals surface area contributed by atoms with Gasteiger partial charge >= 0.3 is 6.09 Å². The summed E-state index contributed by atoms with van der Waals surface area (Å²) in [5.74, 6) is -0.141. The summed E-state index contributed by atoms with van der Waals surface area (Å²) in [6, 6.07) is 5.60. The molecule has 0 bridgehead atoms. The summed E-state index contributed by atoms with van der Waals surface area (Å²) >= 11 is 5.96. The molecule has 1 unspecified atom stereocenters. The van der Waals surface area contributed by atoms with E-state index in [1.54, 1.807) is 24.3 Å². The summed E-state index contributed by atoms with van der Waals surface area (Å²) in [6.45, 7) is 0. The highest BCUT2D eigenvalue weighted by molar-refractivity contribution is 6.32. The third-order valence-electron chi connectivity index (χ3n) is 2.68. The number of hydrogen-bond acceptors (Lipinski definition) is 4. The number of nitrogens with zero attached hydrogens (tertiary/aromatic N) is 1. The second kappa shape index (κ2) is 5.67. The van der Waals surface area contributed by atoms with E-state index in [4.69, 9.17) is 26.7 Å². The molecule has 1 aromatic carbocycles. The van der Waals surface area contributed by atoms with Crippen molar-refractivity contribution < 1.29 is 19.4 Å². The summed E-state index contributed by atoms with van der Waals surface area (Å²) in [4.78, 5) is 22.4. The monoisotopic (exact) mass is 295 g/mol. The first-order valence-corrected chi connectivity index (χ1v) is 6.04. The zero-order valence-corrected chi connectivity index (χ0v) is 10.8. The second-order valence-corrected chi connectivity index (χ2v) is 4.49. The number of hydrogen-bond donors (Lipinski definition) is 3. The topological polar surface area (TPSA) is 111 Å². The number of benzene rings is 1. The van der Waals surface area contributed by atoms with Gasteiger partial charge in [0.2, 0.25) is 0 Å². The van der Waals surface area contributed by atoms with Gasteiger partial charge in [0.05, 0.1) is 16.8 Å². The van der Waals surface area contributed by atoms with Crippen molar-refractivity contribution in [1.82, 2.24) is 5.32 Å². The highest BCUT2D eigenvalue weighted by atomic mass is 35.5. The lowest BCUT2D eigenvalue weighted by atomic mass is 10.1. The number of carbonyl (C=O) groups excluding carboxylic acids is 1. The van der Waals surface area contributed by atoms with E-state index in [1.807, 2.05) is 5.32 Å². The Morgan fingerprint density at radius 1 is 1.65 bits per heavy atom. The normalized spacial score (nSPS) is 18.0. The van der Waals surface area contributed by atoms with E-state index in [0.717, 1.165) is 0 Å². The fourth-order valence-corrected chi connectivity index (χ4v) is 2.02. The molecule has 0 spiro atoms. The molecule has 0 saturated heterocycles. The molecule has 2 amide bonds. The first-order chi connectivity index (χ1) is 9.51. The van der Waals surface area contributed by atoms with Gasteiger partial charge in [-0.15, -0.1) is 0 Å². The van der Waals surface area contributed by atoms with Gasteiger partial charge in [0, 0.05) is 6.42 Å². The van der Waals surface area contributed by atoms with Gasteiger partial charge in [-0.25, -0.2) is 4.79 Å². The van der Waals surface area contributed by atoms with Crippen molar-refractivity contribution in [2.45, 2.75) is 18.6 Å². The molecule has 2 atom stereocenters. The van der Waals surface area contributed by atoms with Crippen molar-refractivity contribution in [2.75, 3.05) is 5.32 Å². The molecule has 0 radical (unpaired) electrons. The molecule has 8 heteroatoms. The molecule has 20 heavy (non-hydrogen) atoms.